The summed E-state index contributed by atoms with van der Waals surface area (Å²) < 4.78 is 22.7. The molecule has 2 aliphatic heterocycles. The second-order valence-electron chi connectivity index (χ2n) is 11.2. The van der Waals surface area contributed by atoms with E-state index in [0.717, 1.165) is 35.3 Å². The van der Waals surface area contributed by atoms with Crippen molar-refractivity contribution in [3.8, 4) is 5.69 Å². The number of benzene rings is 2. The van der Waals surface area contributed by atoms with Gasteiger partial charge in [-0.25, -0.2) is 9.07 Å². The average molecular weight is 551 g/mol. The largest absolute Gasteiger partial charge is 0.376 e. The normalized spacial score (nSPS) is 19.6. The van der Waals surface area contributed by atoms with E-state index < -0.39 is 10.7 Å². The lowest BCUT2D eigenvalue weighted by molar-refractivity contribution is -0.123. The zero-order valence-corrected chi connectivity index (χ0v) is 23.7. The molecule has 1 saturated heterocycles. The van der Waals surface area contributed by atoms with Crippen molar-refractivity contribution in [3.05, 3.63) is 76.7 Å². The first-order chi connectivity index (χ1) is 18.6. The van der Waals surface area contributed by atoms with E-state index in [0.29, 0.717) is 24.5 Å². The van der Waals surface area contributed by atoms with Gasteiger partial charge in [0.2, 0.25) is 11.8 Å². The Kier molecular flexibility index (Phi) is 7.82. The number of para-hydroxylation sites is 1. The molecule has 0 saturated carbocycles. The van der Waals surface area contributed by atoms with E-state index in [9.17, 15) is 9.59 Å². The van der Waals surface area contributed by atoms with Gasteiger partial charge in [0.1, 0.15) is 18.2 Å². The van der Waals surface area contributed by atoms with Gasteiger partial charge < -0.3 is 10.1 Å². The number of hydrogen-bond acceptors (Lipinski definition) is 5. The Bertz CT molecular complexity index is 1380. The molecule has 1 N–H and O–H groups in total. The minimum atomic E-state index is -0.475. The smallest absolute Gasteiger partial charge is 0.240 e. The molecule has 0 unspecified atom stereocenters. The standard InChI is InChI=1S/C30H35FN4O3S/c1-19-10-5-8-14-23(19)35-29-26(28(33-35)30(2,3)4)27(21-12-6-7-13-22(21)31)39-18-25(37)34(29)17-24(36)32-16-20-11-9-15-38-20/h5-8,10,12-14,20,27H,9,11,15-18H2,1-4H3,(H,32,36)/t20-,27-/m1/s1. The molecule has 2 aromatic carbocycles. The Labute approximate surface area is 233 Å². The Morgan fingerprint density at radius 1 is 1.18 bits per heavy atom. The van der Waals surface area contributed by atoms with Crippen LogP contribution in [0.1, 0.15) is 61.2 Å². The van der Waals surface area contributed by atoms with Gasteiger partial charge in [-0.2, -0.15) is 5.10 Å². The topological polar surface area (TPSA) is 76.5 Å². The number of rotatable bonds is 6. The highest BCUT2D eigenvalue weighted by molar-refractivity contribution is 8.00. The number of carbonyl (C=O) groups is 2. The van der Waals surface area contributed by atoms with Crippen LogP contribution in [0.3, 0.4) is 0 Å². The number of nitrogens with one attached hydrogen (secondary N) is 1. The van der Waals surface area contributed by atoms with E-state index in [1.165, 1.54) is 22.7 Å². The highest BCUT2D eigenvalue weighted by Gasteiger charge is 2.40. The van der Waals surface area contributed by atoms with Gasteiger partial charge in [0.05, 0.1) is 28.5 Å². The molecular formula is C30H35FN4O3S. The lowest BCUT2D eigenvalue weighted by Gasteiger charge is -2.25. The lowest BCUT2D eigenvalue weighted by Crippen LogP contribution is -2.44. The van der Waals surface area contributed by atoms with E-state index in [4.69, 9.17) is 9.84 Å². The van der Waals surface area contributed by atoms with Crippen molar-refractivity contribution >= 4 is 29.4 Å². The predicted molar refractivity (Wildman–Crippen MR) is 152 cm³/mol. The molecule has 7 nitrogen and oxygen atoms in total. The first-order valence-electron chi connectivity index (χ1n) is 13.4. The van der Waals surface area contributed by atoms with E-state index >= 15 is 4.39 Å². The van der Waals surface area contributed by atoms with Crippen LogP contribution >= 0.6 is 11.8 Å². The first kappa shape index (κ1) is 27.4. The third-order valence-corrected chi connectivity index (χ3v) is 8.42. The second-order valence-corrected chi connectivity index (χ2v) is 12.3. The quantitative estimate of drug-likeness (QED) is 0.463. The number of nitrogens with zero attached hydrogens (tertiary/aromatic N) is 3. The van der Waals surface area contributed by atoms with Crippen LogP contribution in [0.5, 0.6) is 0 Å². The van der Waals surface area contributed by atoms with Gasteiger partial charge in [0.15, 0.2) is 0 Å². The maximum absolute atomic E-state index is 15.3. The fraction of sp³-hybridized carbons (Fsp3) is 0.433. The Morgan fingerprint density at radius 3 is 2.62 bits per heavy atom. The Morgan fingerprint density at radius 2 is 1.92 bits per heavy atom. The molecule has 5 rings (SSSR count). The highest BCUT2D eigenvalue weighted by atomic mass is 32.2. The van der Waals surface area contributed by atoms with E-state index in [-0.39, 0.29) is 36.0 Å². The van der Waals surface area contributed by atoms with Gasteiger partial charge in [-0.15, -0.1) is 11.8 Å². The molecule has 0 spiro atoms. The molecule has 2 amide bonds. The summed E-state index contributed by atoms with van der Waals surface area (Å²) in [7, 11) is 0. The number of carbonyl (C=O) groups excluding carboxylic acids is 2. The summed E-state index contributed by atoms with van der Waals surface area (Å²) in [6.45, 7) is 9.12. The van der Waals surface area contributed by atoms with Gasteiger partial charge in [0.25, 0.3) is 0 Å². The zero-order valence-electron chi connectivity index (χ0n) is 22.9. The molecule has 3 aromatic rings. The fourth-order valence-electron chi connectivity index (χ4n) is 5.21. The van der Waals surface area contributed by atoms with Crippen LogP contribution in [0, 0.1) is 12.7 Å². The molecule has 1 fully saturated rings. The third-order valence-electron chi connectivity index (χ3n) is 7.18. The molecule has 2 aliphatic rings. The van der Waals surface area contributed by atoms with Crippen LogP contribution in [0.15, 0.2) is 48.5 Å². The van der Waals surface area contributed by atoms with Crippen LogP contribution < -0.4 is 10.2 Å². The summed E-state index contributed by atoms with van der Waals surface area (Å²) in [6.07, 6.45) is 1.88. The maximum Gasteiger partial charge on any atom is 0.240 e. The van der Waals surface area contributed by atoms with Crippen LogP contribution in [0.4, 0.5) is 10.2 Å². The van der Waals surface area contributed by atoms with Gasteiger partial charge in [0, 0.05) is 29.7 Å². The molecule has 0 bridgehead atoms. The number of anilines is 1. The first-order valence-corrected chi connectivity index (χ1v) is 14.4. The molecule has 9 heteroatoms. The number of amides is 2. The van der Waals surface area contributed by atoms with Crippen molar-refractivity contribution in [3.63, 3.8) is 0 Å². The van der Waals surface area contributed by atoms with Crippen molar-refractivity contribution in [1.29, 1.82) is 0 Å². The van der Waals surface area contributed by atoms with Crippen molar-refractivity contribution in [2.24, 2.45) is 0 Å². The van der Waals surface area contributed by atoms with Crippen LogP contribution in [0.25, 0.3) is 5.69 Å². The van der Waals surface area contributed by atoms with Gasteiger partial charge in [-0.05, 0) is 37.5 Å². The highest BCUT2D eigenvalue weighted by Crippen LogP contribution is 2.49. The number of aromatic nitrogens is 2. The summed E-state index contributed by atoms with van der Waals surface area (Å²) in [6, 6.07) is 14.5. The fourth-order valence-corrected chi connectivity index (χ4v) is 6.43. The summed E-state index contributed by atoms with van der Waals surface area (Å²) in [5.41, 5.74) is 3.39. The lowest BCUT2D eigenvalue weighted by atomic mass is 9.87. The SMILES string of the molecule is Cc1ccccc1-n1nc(C(C)(C)C)c2c1N(CC(=O)NC[C@H]1CCCO1)C(=O)CS[C@@H]2c1ccccc1F. The van der Waals surface area contributed by atoms with Crippen molar-refractivity contribution in [1.82, 2.24) is 15.1 Å². The van der Waals surface area contributed by atoms with Crippen molar-refractivity contribution in [2.75, 3.05) is 30.3 Å². The Balaban J connectivity index is 1.67. The van der Waals surface area contributed by atoms with E-state index in [2.05, 4.69) is 26.1 Å². The number of hydrogen-bond donors (Lipinski definition) is 1. The maximum atomic E-state index is 15.3. The zero-order chi connectivity index (χ0) is 27.7. The number of halogens is 1. The van der Waals surface area contributed by atoms with Crippen LogP contribution in [-0.4, -0.2) is 53.1 Å². The van der Waals surface area contributed by atoms with Gasteiger partial charge >= 0.3 is 0 Å². The molecular weight excluding hydrogens is 515 g/mol. The third kappa shape index (κ3) is 5.61. The van der Waals surface area contributed by atoms with Crippen molar-refractivity contribution < 1.29 is 18.7 Å². The number of aryl methyl sites for hydroxylation is 1. The molecule has 0 aliphatic carbocycles. The van der Waals surface area contributed by atoms with E-state index in [1.54, 1.807) is 16.8 Å². The summed E-state index contributed by atoms with van der Waals surface area (Å²) >= 11 is 1.37. The molecule has 1 aromatic heterocycles. The predicted octanol–water partition coefficient (Wildman–Crippen LogP) is 5.08. The average Bonchev–Trinajstić information content (AvgIpc) is 3.53. The van der Waals surface area contributed by atoms with Crippen molar-refractivity contribution in [2.45, 2.75) is 57.3 Å². The summed E-state index contributed by atoms with van der Waals surface area (Å²) in [5, 5.41) is 7.55. The molecule has 0 radical (unpaired) electrons. The summed E-state index contributed by atoms with van der Waals surface area (Å²) in [4.78, 5) is 28.5. The monoisotopic (exact) mass is 550 g/mol. The number of ether oxygens (including phenoxy) is 1. The van der Waals surface area contributed by atoms with Gasteiger partial charge in [-0.3, -0.25) is 14.5 Å². The van der Waals surface area contributed by atoms with E-state index in [1.807, 2.05) is 37.3 Å². The number of fused-ring (bicyclic) bond motifs is 1. The molecule has 39 heavy (non-hydrogen) atoms. The molecule has 2 atom stereocenters. The van der Waals surface area contributed by atoms with Gasteiger partial charge in [-0.1, -0.05) is 57.2 Å². The Hall–Kier alpha value is -3.17. The second kappa shape index (κ2) is 11.1. The van der Waals surface area contributed by atoms with Crippen LogP contribution in [-0.2, 0) is 19.7 Å². The number of thioether (sulfide) groups is 1. The van der Waals surface area contributed by atoms with Crippen LogP contribution in [0.2, 0.25) is 0 Å². The minimum absolute atomic E-state index is 0.00433. The summed E-state index contributed by atoms with van der Waals surface area (Å²) in [5.74, 6) is -0.203. The molecule has 3 heterocycles. The minimum Gasteiger partial charge on any atom is -0.376 e. The molecule has 206 valence electrons.